The summed E-state index contributed by atoms with van der Waals surface area (Å²) >= 11 is 5.03. The van der Waals surface area contributed by atoms with E-state index in [2.05, 4.69) is 31.9 Å². The number of ether oxygens (including phenoxy) is 2. The van der Waals surface area contributed by atoms with Gasteiger partial charge in [0.05, 0.1) is 18.2 Å². The van der Waals surface area contributed by atoms with Crippen LogP contribution in [0, 0.1) is 0 Å². The second-order valence-electron chi connectivity index (χ2n) is 5.62. The van der Waals surface area contributed by atoms with Gasteiger partial charge in [-0.25, -0.2) is 9.79 Å². The van der Waals surface area contributed by atoms with Crippen molar-refractivity contribution < 1.29 is 14.3 Å². The van der Waals surface area contributed by atoms with Crippen molar-refractivity contribution in [3.63, 3.8) is 0 Å². The van der Waals surface area contributed by atoms with E-state index in [1.807, 2.05) is 30.3 Å². The Morgan fingerprint density at radius 3 is 2.64 bits per heavy atom. The molecule has 4 rings (SSSR count). The molecule has 0 spiro atoms. The molecule has 0 N–H and O–H groups in total. The quantitative estimate of drug-likeness (QED) is 0.563. The second kappa shape index (κ2) is 7.11. The van der Waals surface area contributed by atoms with E-state index in [1.165, 1.54) is 5.00 Å². The molecule has 0 unspecified atom stereocenters. The predicted octanol–water partition coefficient (Wildman–Crippen LogP) is 3.69. The highest BCUT2D eigenvalue weighted by molar-refractivity contribution is 9.10. The number of cyclic esters (lactones) is 1. The van der Waals surface area contributed by atoms with E-state index in [4.69, 9.17) is 9.47 Å². The molecule has 0 radical (unpaired) electrons. The summed E-state index contributed by atoms with van der Waals surface area (Å²) in [7, 11) is 0. The van der Waals surface area contributed by atoms with Gasteiger partial charge in [-0.2, -0.15) is 0 Å². The molecule has 128 valence electrons. The van der Waals surface area contributed by atoms with Gasteiger partial charge in [-0.05, 0) is 42.5 Å². The molecule has 0 saturated carbocycles. The minimum absolute atomic E-state index is 0.327. The van der Waals surface area contributed by atoms with Gasteiger partial charge in [0.25, 0.3) is 0 Å². The molecule has 0 aliphatic carbocycles. The van der Waals surface area contributed by atoms with E-state index in [1.54, 1.807) is 17.4 Å². The number of nitrogens with zero attached hydrogens (tertiary/aromatic N) is 2. The van der Waals surface area contributed by atoms with E-state index in [0.717, 1.165) is 41.2 Å². The molecule has 2 aliphatic heterocycles. The lowest BCUT2D eigenvalue weighted by molar-refractivity contribution is -0.129. The fourth-order valence-corrected chi connectivity index (χ4v) is 3.89. The van der Waals surface area contributed by atoms with E-state index in [0.29, 0.717) is 11.6 Å². The zero-order valence-corrected chi connectivity index (χ0v) is 15.7. The van der Waals surface area contributed by atoms with Crippen LogP contribution in [-0.4, -0.2) is 38.2 Å². The Labute approximate surface area is 157 Å². The minimum Gasteiger partial charge on any atom is -0.402 e. The smallest absolute Gasteiger partial charge is 0.363 e. The Bertz CT molecular complexity index is 851. The predicted molar refractivity (Wildman–Crippen MR) is 102 cm³/mol. The van der Waals surface area contributed by atoms with E-state index in [9.17, 15) is 4.79 Å². The fraction of sp³-hybridized carbons (Fsp3) is 0.222. The monoisotopic (exact) mass is 418 g/mol. The Morgan fingerprint density at radius 2 is 1.88 bits per heavy atom. The molecule has 0 amide bonds. The van der Waals surface area contributed by atoms with Crippen molar-refractivity contribution in [2.75, 3.05) is 31.2 Å². The Hall–Kier alpha value is -1.96. The van der Waals surface area contributed by atoms with E-state index < -0.39 is 5.97 Å². The summed E-state index contributed by atoms with van der Waals surface area (Å²) in [5.41, 5.74) is 1.11. The van der Waals surface area contributed by atoms with Crippen LogP contribution in [0.2, 0.25) is 0 Å². The average molecular weight is 419 g/mol. The number of carbonyl (C=O) groups excluding carboxylic acids is 1. The molecule has 1 fully saturated rings. The molecular weight excluding hydrogens is 404 g/mol. The van der Waals surface area contributed by atoms with Crippen LogP contribution >= 0.6 is 27.3 Å². The number of rotatable bonds is 3. The van der Waals surface area contributed by atoms with Gasteiger partial charge in [0, 0.05) is 28.0 Å². The number of esters is 1. The lowest BCUT2D eigenvalue weighted by Gasteiger charge is -2.27. The topological polar surface area (TPSA) is 51.1 Å². The van der Waals surface area contributed by atoms with Gasteiger partial charge in [-0.15, -0.1) is 11.3 Å². The first-order valence-electron chi connectivity index (χ1n) is 7.90. The first kappa shape index (κ1) is 16.5. The fourth-order valence-electron chi connectivity index (χ4n) is 2.63. The Kier molecular flexibility index (Phi) is 4.70. The first-order valence-corrected chi connectivity index (χ1v) is 9.51. The van der Waals surface area contributed by atoms with Crippen LogP contribution in [0.3, 0.4) is 0 Å². The van der Waals surface area contributed by atoms with Gasteiger partial charge in [-0.3, -0.25) is 0 Å². The lowest BCUT2D eigenvalue weighted by atomic mass is 10.2. The van der Waals surface area contributed by atoms with Gasteiger partial charge >= 0.3 is 5.97 Å². The van der Waals surface area contributed by atoms with Crippen molar-refractivity contribution >= 4 is 50.2 Å². The summed E-state index contributed by atoms with van der Waals surface area (Å²) in [5.74, 6) is -0.0760. The van der Waals surface area contributed by atoms with Crippen LogP contribution < -0.4 is 4.90 Å². The molecule has 2 aliphatic rings. The van der Waals surface area contributed by atoms with Crippen LogP contribution in [0.4, 0.5) is 5.00 Å². The molecule has 2 aromatic rings. The van der Waals surface area contributed by atoms with Crippen molar-refractivity contribution in [3.8, 4) is 0 Å². The van der Waals surface area contributed by atoms with Crippen LogP contribution in [0.15, 0.2) is 51.6 Å². The van der Waals surface area contributed by atoms with Crippen molar-refractivity contribution in [2.24, 2.45) is 4.99 Å². The molecule has 1 aromatic heterocycles. The number of thiophene rings is 1. The first-order chi connectivity index (χ1) is 12.2. The zero-order valence-electron chi connectivity index (χ0n) is 13.3. The Morgan fingerprint density at radius 1 is 1.12 bits per heavy atom. The van der Waals surface area contributed by atoms with Crippen LogP contribution in [0.1, 0.15) is 10.4 Å². The van der Waals surface area contributed by atoms with Gasteiger partial charge in [0.2, 0.25) is 5.90 Å². The van der Waals surface area contributed by atoms with Crippen LogP contribution in [0.25, 0.3) is 6.08 Å². The largest absolute Gasteiger partial charge is 0.402 e. The Balaban J connectivity index is 1.55. The number of morpholine rings is 1. The molecular formula is C18H15BrN2O3S. The SMILES string of the molecule is O=C1OC(c2ccc(Br)cc2)=N/C1=C/c1ccc(N2CCOCC2)s1. The molecule has 5 nitrogen and oxygen atoms in total. The maximum Gasteiger partial charge on any atom is 0.363 e. The van der Waals surface area contributed by atoms with E-state index >= 15 is 0 Å². The number of carbonyl (C=O) groups is 1. The summed E-state index contributed by atoms with van der Waals surface area (Å²) in [5, 5.41) is 1.18. The number of anilines is 1. The number of hydrogen-bond acceptors (Lipinski definition) is 6. The van der Waals surface area contributed by atoms with Crippen LogP contribution in [0.5, 0.6) is 0 Å². The van der Waals surface area contributed by atoms with Crippen LogP contribution in [-0.2, 0) is 14.3 Å². The third-order valence-corrected chi connectivity index (χ3v) is 5.55. The number of aliphatic imine (C=N–C) groups is 1. The second-order valence-corrected chi connectivity index (χ2v) is 7.63. The molecule has 0 bridgehead atoms. The number of benzene rings is 1. The van der Waals surface area contributed by atoms with Gasteiger partial charge in [-0.1, -0.05) is 15.9 Å². The highest BCUT2D eigenvalue weighted by Crippen LogP contribution is 2.29. The molecule has 1 saturated heterocycles. The summed E-state index contributed by atoms with van der Waals surface area (Å²) in [4.78, 5) is 19.7. The summed E-state index contributed by atoms with van der Waals surface area (Å²) in [6, 6.07) is 11.6. The molecule has 25 heavy (non-hydrogen) atoms. The standard InChI is InChI=1S/C18H15BrN2O3S/c19-13-3-1-12(2-4-13)17-20-15(18(22)24-17)11-14-5-6-16(25-14)21-7-9-23-10-8-21/h1-6,11H,7-10H2/b15-11+. The maximum absolute atomic E-state index is 12.1. The molecule has 7 heteroatoms. The minimum atomic E-state index is -0.417. The molecule has 1 aromatic carbocycles. The van der Waals surface area contributed by atoms with Crippen molar-refractivity contribution in [1.82, 2.24) is 0 Å². The third kappa shape index (κ3) is 3.68. The van der Waals surface area contributed by atoms with Gasteiger partial charge < -0.3 is 14.4 Å². The highest BCUT2D eigenvalue weighted by Gasteiger charge is 2.24. The highest BCUT2D eigenvalue weighted by atomic mass is 79.9. The number of halogens is 1. The molecule has 0 atom stereocenters. The average Bonchev–Trinajstić information content (AvgIpc) is 3.24. The summed E-state index contributed by atoms with van der Waals surface area (Å²) in [6.07, 6.45) is 1.78. The molecule has 3 heterocycles. The van der Waals surface area contributed by atoms with Crippen molar-refractivity contribution in [1.29, 1.82) is 0 Å². The normalized spacial score (nSPS) is 19.2. The summed E-state index contributed by atoms with van der Waals surface area (Å²) in [6.45, 7) is 3.29. The maximum atomic E-state index is 12.1. The van der Waals surface area contributed by atoms with Crippen molar-refractivity contribution in [3.05, 3.63) is 57.0 Å². The lowest BCUT2D eigenvalue weighted by Crippen LogP contribution is -2.35. The summed E-state index contributed by atoms with van der Waals surface area (Å²) < 4.78 is 11.6. The third-order valence-electron chi connectivity index (χ3n) is 3.93. The number of hydrogen-bond donors (Lipinski definition) is 0. The van der Waals surface area contributed by atoms with Crippen molar-refractivity contribution in [2.45, 2.75) is 0 Å². The van der Waals surface area contributed by atoms with Gasteiger partial charge in [0.15, 0.2) is 5.70 Å². The zero-order chi connectivity index (χ0) is 17.2. The van der Waals surface area contributed by atoms with Gasteiger partial charge in [0.1, 0.15) is 0 Å². The van der Waals surface area contributed by atoms with E-state index in [-0.39, 0.29) is 0 Å².